The van der Waals surface area contributed by atoms with E-state index in [4.69, 9.17) is 0 Å². The molecule has 1 fully saturated rings. The Hall–Kier alpha value is -0.630. The molecule has 0 amide bonds. The van der Waals surface area contributed by atoms with Gasteiger partial charge in [-0.15, -0.1) is 0 Å². The topological polar surface area (TPSA) is 12.0 Å². The summed E-state index contributed by atoms with van der Waals surface area (Å²) >= 11 is 2.07. The highest BCUT2D eigenvalue weighted by atomic mass is 32.2. The van der Waals surface area contributed by atoms with Crippen LogP contribution in [-0.2, 0) is 0 Å². The van der Waals surface area contributed by atoms with Crippen LogP contribution in [0.5, 0.6) is 0 Å². The van der Waals surface area contributed by atoms with E-state index in [-0.39, 0.29) is 0 Å². The molecule has 2 heteroatoms. The second-order valence-corrected chi connectivity index (χ2v) is 6.53. The van der Waals surface area contributed by atoms with E-state index in [9.17, 15) is 0 Å². The van der Waals surface area contributed by atoms with Crippen LogP contribution in [-0.4, -0.2) is 17.5 Å². The van der Waals surface area contributed by atoms with Gasteiger partial charge in [-0.2, -0.15) is 11.8 Å². The van der Waals surface area contributed by atoms with Gasteiger partial charge in [-0.25, -0.2) is 0 Å². The monoisotopic (exact) mass is 235 g/mol. The lowest BCUT2D eigenvalue weighted by molar-refractivity contribution is 0.305. The Morgan fingerprint density at radius 2 is 1.94 bits per heavy atom. The van der Waals surface area contributed by atoms with Gasteiger partial charge in [0.1, 0.15) is 0 Å². The summed E-state index contributed by atoms with van der Waals surface area (Å²) in [5, 5.41) is 3.68. The van der Waals surface area contributed by atoms with Crippen LogP contribution in [0.4, 0.5) is 5.69 Å². The van der Waals surface area contributed by atoms with Crippen LogP contribution < -0.4 is 5.32 Å². The third-order valence-corrected chi connectivity index (χ3v) is 4.57. The van der Waals surface area contributed by atoms with E-state index < -0.39 is 0 Å². The molecule has 0 saturated carbocycles. The summed E-state index contributed by atoms with van der Waals surface area (Å²) in [6.45, 7) is 6.88. The van der Waals surface area contributed by atoms with Gasteiger partial charge >= 0.3 is 0 Å². The zero-order chi connectivity index (χ0) is 11.6. The molecule has 1 aliphatic rings. The van der Waals surface area contributed by atoms with Crippen molar-refractivity contribution in [1.29, 1.82) is 0 Å². The van der Waals surface area contributed by atoms with Crippen molar-refractivity contribution in [2.45, 2.75) is 33.2 Å². The number of benzene rings is 1. The van der Waals surface area contributed by atoms with Gasteiger partial charge in [-0.3, -0.25) is 0 Å². The van der Waals surface area contributed by atoms with Crippen molar-refractivity contribution in [3.8, 4) is 0 Å². The lowest BCUT2D eigenvalue weighted by Crippen LogP contribution is -2.41. The number of aryl methyl sites for hydroxylation is 1. The first-order chi connectivity index (χ1) is 7.58. The summed E-state index contributed by atoms with van der Waals surface area (Å²) < 4.78 is 0. The van der Waals surface area contributed by atoms with Crippen LogP contribution in [0.3, 0.4) is 0 Å². The first-order valence-corrected chi connectivity index (χ1v) is 7.14. The Labute approximate surface area is 103 Å². The third kappa shape index (κ3) is 2.73. The maximum Gasteiger partial charge on any atom is 0.0403 e. The molecule has 1 nitrogen and oxygen atoms in total. The predicted octanol–water partition coefficient (Wildman–Crippen LogP) is 3.94. The van der Waals surface area contributed by atoms with Gasteiger partial charge in [0.2, 0.25) is 0 Å². The molecule has 1 saturated heterocycles. The number of nitrogens with one attached hydrogen (secondary N) is 1. The third-order valence-electron chi connectivity index (χ3n) is 3.51. The molecule has 88 valence electrons. The fourth-order valence-electron chi connectivity index (χ4n) is 2.02. The zero-order valence-corrected chi connectivity index (χ0v) is 11.2. The molecule has 0 aliphatic carbocycles. The van der Waals surface area contributed by atoms with Gasteiger partial charge < -0.3 is 5.32 Å². The van der Waals surface area contributed by atoms with Gasteiger partial charge in [0.15, 0.2) is 0 Å². The van der Waals surface area contributed by atoms with Crippen molar-refractivity contribution in [3.63, 3.8) is 0 Å². The average Bonchev–Trinajstić information content (AvgIpc) is 2.24. The first kappa shape index (κ1) is 11.8. The summed E-state index contributed by atoms with van der Waals surface area (Å²) in [7, 11) is 0. The highest BCUT2D eigenvalue weighted by molar-refractivity contribution is 7.99. The number of thioether (sulfide) groups is 1. The molecule has 16 heavy (non-hydrogen) atoms. The van der Waals surface area contributed by atoms with Crippen LogP contribution >= 0.6 is 11.8 Å². The maximum atomic E-state index is 3.68. The summed E-state index contributed by atoms with van der Waals surface area (Å²) in [6.07, 6.45) is 1.31. The minimum atomic E-state index is 0.413. The fraction of sp³-hybridized carbons (Fsp3) is 0.571. The molecule has 0 aromatic heterocycles. The number of anilines is 1. The van der Waals surface area contributed by atoms with Gasteiger partial charge in [-0.05, 0) is 36.6 Å². The fourth-order valence-corrected chi connectivity index (χ4v) is 3.63. The molecular weight excluding hydrogens is 214 g/mol. The Kier molecular flexibility index (Phi) is 3.48. The standard InChI is InChI=1S/C14H21NS/c1-11-4-6-12(7-5-11)15-13-10-16-9-8-14(13,2)3/h4-7,13,15H,8-10H2,1-3H3. The Balaban J connectivity index is 2.05. The van der Waals surface area contributed by atoms with Gasteiger partial charge in [-0.1, -0.05) is 31.5 Å². The van der Waals surface area contributed by atoms with Gasteiger partial charge in [0.25, 0.3) is 0 Å². The molecule has 1 unspecified atom stereocenters. The molecule has 0 spiro atoms. The van der Waals surface area contributed by atoms with Crippen molar-refractivity contribution in [1.82, 2.24) is 0 Å². The van der Waals surface area contributed by atoms with Gasteiger partial charge in [0.05, 0.1) is 0 Å². The lowest BCUT2D eigenvalue weighted by Gasteiger charge is -2.39. The van der Waals surface area contributed by atoms with Crippen LogP contribution in [0, 0.1) is 12.3 Å². The van der Waals surface area contributed by atoms with E-state index in [0.29, 0.717) is 11.5 Å². The number of hydrogen-bond acceptors (Lipinski definition) is 2. The van der Waals surface area contributed by atoms with E-state index in [1.54, 1.807) is 0 Å². The van der Waals surface area contributed by atoms with Crippen molar-refractivity contribution < 1.29 is 0 Å². The second kappa shape index (κ2) is 4.70. The second-order valence-electron chi connectivity index (χ2n) is 5.38. The summed E-state index contributed by atoms with van der Waals surface area (Å²) in [5.74, 6) is 2.53. The Morgan fingerprint density at radius 1 is 1.25 bits per heavy atom. The molecular formula is C14H21NS. The smallest absolute Gasteiger partial charge is 0.0403 e. The van der Waals surface area contributed by atoms with Crippen LogP contribution in [0.15, 0.2) is 24.3 Å². The summed E-state index contributed by atoms with van der Waals surface area (Å²) in [5.41, 5.74) is 2.99. The molecule has 1 N–H and O–H groups in total. The molecule has 2 rings (SSSR count). The highest BCUT2D eigenvalue weighted by Crippen LogP contribution is 2.35. The average molecular weight is 235 g/mol. The number of hydrogen-bond donors (Lipinski definition) is 1. The van der Waals surface area contributed by atoms with E-state index in [2.05, 4.69) is 62.1 Å². The molecule has 1 heterocycles. The predicted molar refractivity (Wildman–Crippen MR) is 74.3 cm³/mol. The van der Waals surface area contributed by atoms with Crippen LogP contribution in [0.2, 0.25) is 0 Å². The molecule has 1 aromatic rings. The molecule has 0 bridgehead atoms. The highest BCUT2D eigenvalue weighted by Gasteiger charge is 2.32. The summed E-state index contributed by atoms with van der Waals surface area (Å²) in [6, 6.07) is 9.31. The molecule has 1 atom stereocenters. The van der Waals surface area contributed by atoms with Crippen LogP contribution in [0.1, 0.15) is 25.8 Å². The van der Waals surface area contributed by atoms with Gasteiger partial charge in [0, 0.05) is 17.5 Å². The van der Waals surface area contributed by atoms with Crippen molar-refractivity contribution >= 4 is 17.4 Å². The minimum Gasteiger partial charge on any atom is -0.381 e. The quantitative estimate of drug-likeness (QED) is 0.833. The van der Waals surface area contributed by atoms with E-state index in [1.807, 2.05) is 0 Å². The van der Waals surface area contributed by atoms with Crippen molar-refractivity contribution in [2.75, 3.05) is 16.8 Å². The zero-order valence-electron chi connectivity index (χ0n) is 10.4. The lowest BCUT2D eigenvalue weighted by atomic mass is 9.82. The molecule has 0 radical (unpaired) electrons. The summed E-state index contributed by atoms with van der Waals surface area (Å²) in [4.78, 5) is 0. The van der Waals surface area contributed by atoms with E-state index in [1.165, 1.54) is 29.2 Å². The van der Waals surface area contributed by atoms with Crippen molar-refractivity contribution in [3.05, 3.63) is 29.8 Å². The normalized spacial score (nSPS) is 24.1. The minimum absolute atomic E-state index is 0.413. The molecule has 1 aromatic carbocycles. The van der Waals surface area contributed by atoms with E-state index >= 15 is 0 Å². The van der Waals surface area contributed by atoms with Crippen LogP contribution in [0.25, 0.3) is 0 Å². The Bertz CT molecular complexity index is 342. The van der Waals surface area contributed by atoms with E-state index in [0.717, 1.165) is 0 Å². The largest absolute Gasteiger partial charge is 0.381 e. The number of rotatable bonds is 2. The SMILES string of the molecule is Cc1ccc(NC2CSCCC2(C)C)cc1. The Morgan fingerprint density at radius 3 is 2.56 bits per heavy atom. The maximum absolute atomic E-state index is 3.68. The van der Waals surface area contributed by atoms with Crippen molar-refractivity contribution in [2.24, 2.45) is 5.41 Å². The first-order valence-electron chi connectivity index (χ1n) is 5.99. The molecule has 1 aliphatic heterocycles.